The number of rotatable bonds is 10. The van der Waals surface area contributed by atoms with Crippen molar-refractivity contribution in [2.24, 2.45) is 5.92 Å². The molecule has 8 heteroatoms. The molecule has 0 spiro atoms. The van der Waals surface area contributed by atoms with E-state index in [0.29, 0.717) is 50.3 Å². The zero-order valence-electron chi connectivity index (χ0n) is 18.2. The number of methoxy groups -OCH3 is 1. The summed E-state index contributed by atoms with van der Waals surface area (Å²) in [5.41, 5.74) is 0.535. The molecule has 0 unspecified atom stereocenters. The molecule has 1 aliphatic heterocycles. The van der Waals surface area contributed by atoms with Gasteiger partial charge in [0.05, 0.1) is 12.0 Å². The molecule has 3 rings (SSSR count). The summed E-state index contributed by atoms with van der Waals surface area (Å²) in [6.07, 6.45) is 2.97. The molecule has 0 bridgehead atoms. The molecule has 0 amide bonds. The minimum absolute atomic E-state index is 0.0417. The summed E-state index contributed by atoms with van der Waals surface area (Å²) in [6, 6.07) is 12.0. The van der Waals surface area contributed by atoms with E-state index in [0.717, 1.165) is 0 Å². The number of piperidine rings is 1. The number of nitrogens with zero attached hydrogens (tertiary/aromatic N) is 2. The van der Waals surface area contributed by atoms with Gasteiger partial charge in [0.1, 0.15) is 11.6 Å². The van der Waals surface area contributed by atoms with Crippen LogP contribution in [0.15, 0.2) is 66.1 Å². The van der Waals surface area contributed by atoms with E-state index < -0.39 is 10.0 Å². The van der Waals surface area contributed by atoms with Crippen molar-refractivity contribution in [2.45, 2.75) is 17.7 Å². The Morgan fingerprint density at radius 2 is 1.78 bits per heavy atom. The normalized spacial score (nSPS) is 15.6. The third-order valence-electron chi connectivity index (χ3n) is 5.78. The van der Waals surface area contributed by atoms with Crippen LogP contribution in [0, 0.1) is 11.7 Å². The Labute approximate surface area is 189 Å². The second-order valence-corrected chi connectivity index (χ2v) is 9.75. The lowest BCUT2D eigenvalue weighted by molar-refractivity contribution is 0.0837. The zero-order valence-corrected chi connectivity index (χ0v) is 19.1. The van der Waals surface area contributed by atoms with Crippen molar-refractivity contribution in [1.29, 1.82) is 0 Å². The summed E-state index contributed by atoms with van der Waals surface area (Å²) >= 11 is 0. The Balaban J connectivity index is 1.56. The molecule has 0 saturated carbocycles. The Morgan fingerprint density at radius 3 is 2.34 bits per heavy atom. The number of carbonyl (C=O) groups excluding carboxylic acids is 1. The van der Waals surface area contributed by atoms with Crippen molar-refractivity contribution in [1.82, 2.24) is 9.21 Å². The minimum Gasteiger partial charge on any atom is -0.497 e. The topological polar surface area (TPSA) is 66.9 Å². The minimum atomic E-state index is -3.66. The SMILES string of the molecule is C=CCN(CCN1CCC(C(=O)c2ccc(F)cc2)CC1)S(=O)(=O)c1ccc(OC)cc1. The van der Waals surface area contributed by atoms with E-state index in [1.165, 1.54) is 47.8 Å². The van der Waals surface area contributed by atoms with Gasteiger partial charge in [-0.25, -0.2) is 12.8 Å². The molecule has 0 radical (unpaired) electrons. The lowest BCUT2D eigenvalue weighted by Crippen LogP contribution is -2.42. The number of hydrogen-bond acceptors (Lipinski definition) is 5. The van der Waals surface area contributed by atoms with E-state index in [-0.39, 0.29) is 29.0 Å². The highest BCUT2D eigenvalue weighted by Gasteiger charge is 2.28. The summed E-state index contributed by atoms with van der Waals surface area (Å²) < 4.78 is 45.7. The van der Waals surface area contributed by atoms with Crippen LogP contribution in [0.2, 0.25) is 0 Å². The number of ether oxygens (including phenoxy) is 1. The van der Waals surface area contributed by atoms with Crippen LogP contribution < -0.4 is 4.74 Å². The van der Waals surface area contributed by atoms with Crippen molar-refractivity contribution in [3.8, 4) is 5.75 Å². The van der Waals surface area contributed by atoms with Gasteiger partial charge in [-0.15, -0.1) is 6.58 Å². The fourth-order valence-corrected chi connectivity index (χ4v) is 5.27. The van der Waals surface area contributed by atoms with Crippen molar-refractivity contribution in [2.75, 3.05) is 39.8 Å². The van der Waals surface area contributed by atoms with Gasteiger partial charge in [0.25, 0.3) is 0 Å². The van der Waals surface area contributed by atoms with Crippen LogP contribution in [-0.2, 0) is 10.0 Å². The number of benzene rings is 2. The van der Waals surface area contributed by atoms with Crippen LogP contribution in [0.3, 0.4) is 0 Å². The first kappa shape index (κ1) is 24.1. The van der Waals surface area contributed by atoms with Crippen LogP contribution in [0.1, 0.15) is 23.2 Å². The predicted molar refractivity (Wildman–Crippen MR) is 122 cm³/mol. The molecule has 0 atom stereocenters. The quantitative estimate of drug-likeness (QED) is 0.400. The van der Waals surface area contributed by atoms with Gasteiger partial charge in [0, 0.05) is 31.1 Å². The van der Waals surface area contributed by atoms with Crippen molar-refractivity contribution < 1.29 is 22.3 Å². The Hall–Kier alpha value is -2.55. The molecule has 0 aromatic heterocycles. The Kier molecular flexibility index (Phi) is 8.17. The summed E-state index contributed by atoms with van der Waals surface area (Å²) in [5.74, 6) is 0.186. The molecule has 172 valence electrons. The number of sulfonamides is 1. The molecule has 6 nitrogen and oxygen atoms in total. The summed E-state index contributed by atoms with van der Waals surface area (Å²) in [7, 11) is -2.13. The first-order valence-corrected chi connectivity index (χ1v) is 12.1. The van der Waals surface area contributed by atoms with Crippen LogP contribution in [0.25, 0.3) is 0 Å². The lowest BCUT2D eigenvalue weighted by Gasteiger charge is -2.32. The Morgan fingerprint density at radius 1 is 1.16 bits per heavy atom. The van der Waals surface area contributed by atoms with Gasteiger partial charge in [0.15, 0.2) is 5.78 Å². The highest BCUT2D eigenvalue weighted by Crippen LogP contribution is 2.23. The molecule has 0 aliphatic carbocycles. The van der Waals surface area contributed by atoms with Crippen LogP contribution in [0.4, 0.5) is 4.39 Å². The fourth-order valence-electron chi connectivity index (χ4n) is 3.87. The van der Waals surface area contributed by atoms with Crippen molar-refractivity contribution in [3.05, 3.63) is 72.6 Å². The highest BCUT2D eigenvalue weighted by atomic mass is 32.2. The first-order chi connectivity index (χ1) is 15.3. The standard InChI is InChI=1S/C24H29FN2O4S/c1-3-14-27(32(29,30)23-10-8-22(31-2)9-11-23)18-17-26-15-12-20(13-16-26)24(28)19-4-6-21(25)7-5-19/h3-11,20H,1,12-18H2,2H3. The average molecular weight is 461 g/mol. The Bertz CT molecular complexity index is 1010. The lowest BCUT2D eigenvalue weighted by atomic mass is 9.89. The van der Waals surface area contributed by atoms with Gasteiger partial charge in [-0.3, -0.25) is 4.79 Å². The number of hydrogen-bond donors (Lipinski definition) is 0. The number of ketones is 1. The largest absolute Gasteiger partial charge is 0.497 e. The molecule has 2 aromatic rings. The van der Waals surface area contributed by atoms with E-state index in [9.17, 15) is 17.6 Å². The number of Topliss-reactive ketones (excluding diaryl/α,β-unsaturated/α-hetero) is 1. The molecule has 32 heavy (non-hydrogen) atoms. The second kappa shape index (κ2) is 10.8. The maximum Gasteiger partial charge on any atom is 0.243 e. The summed E-state index contributed by atoms with van der Waals surface area (Å²) in [5, 5.41) is 0. The van der Waals surface area contributed by atoms with Gasteiger partial charge < -0.3 is 9.64 Å². The van der Waals surface area contributed by atoms with Crippen molar-refractivity contribution in [3.63, 3.8) is 0 Å². The van der Waals surface area contributed by atoms with Crippen LogP contribution >= 0.6 is 0 Å². The third-order valence-corrected chi connectivity index (χ3v) is 7.66. The molecule has 2 aromatic carbocycles. The van der Waals surface area contributed by atoms with Gasteiger partial charge in [-0.2, -0.15) is 4.31 Å². The van der Waals surface area contributed by atoms with E-state index in [1.54, 1.807) is 18.2 Å². The highest BCUT2D eigenvalue weighted by molar-refractivity contribution is 7.89. The predicted octanol–water partition coefficient (Wildman–Crippen LogP) is 3.61. The van der Waals surface area contributed by atoms with Gasteiger partial charge >= 0.3 is 0 Å². The molecule has 1 heterocycles. The third kappa shape index (κ3) is 5.82. The fraction of sp³-hybridized carbons (Fsp3) is 0.375. The molecule has 1 saturated heterocycles. The monoisotopic (exact) mass is 460 g/mol. The second-order valence-electron chi connectivity index (χ2n) is 7.81. The van der Waals surface area contributed by atoms with E-state index in [4.69, 9.17) is 4.74 Å². The molecule has 1 aliphatic rings. The summed E-state index contributed by atoms with van der Waals surface area (Å²) in [6.45, 7) is 6.23. The number of carbonyl (C=O) groups is 1. The molecule has 1 fully saturated rings. The zero-order chi connectivity index (χ0) is 23.1. The average Bonchev–Trinajstić information content (AvgIpc) is 2.82. The summed E-state index contributed by atoms with van der Waals surface area (Å²) in [4.78, 5) is 15.0. The van der Waals surface area contributed by atoms with Gasteiger partial charge in [-0.05, 0) is 74.5 Å². The first-order valence-electron chi connectivity index (χ1n) is 10.6. The smallest absolute Gasteiger partial charge is 0.243 e. The van der Waals surface area contributed by atoms with Gasteiger partial charge in [0.2, 0.25) is 10.0 Å². The van der Waals surface area contributed by atoms with Crippen LogP contribution in [-0.4, -0.2) is 63.2 Å². The number of halogens is 1. The van der Waals surface area contributed by atoms with Gasteiger partial charge in [-0.1, -0.05) is 6.08 Å². The van der Waals surface area contributed by atoms with Crippen molar-refractivity contribution >= 4 is 15.8 Å². The maximum atomic E-state index is 13.1. The van der Waals surface area contributed by atoms with E-state index in [2.05, 4.69) is 11.5 Å². The molecular weight excluding hydrogens is 431 g/mol. The molecule has 0 N–H and O–H groups in total. The maximum absolute atomic E-state index is 13.1. The van der Waals surface area contributed by atoms with E-state index >= 15 is 0 Å². The van der Waals surface area contributed by atoms with E-state index in [1.807, 2.05) is 0 Å². The van der Waals surface area contributed by atoms with Crippen LogP contribution in [0.5, 0.6) is 5.75 Å². The number of likely N-dealkylation sites (tertiary alicyclic amines) is 1. The molecular formula is C24H29FN2O4S.